The molecule has 0 aromatic heterocycles. The van der Waals surface area contributed by atoms with Crippen molar-refractivity contribution in [3.63, 3.8) is 0 Å². The van der Waals surface area contributed by atoms with Gasteiger partial charge in [0.05, 0.1) is 6.54 Å². The number of halogens is 1. The van der Waals surface area contributed by atoms with Crippen LogP contribution in [0.5, 0.6) is 0 Å². The second kappa shape index (κ2) is 7.87. The van der Waals surface area contributed by atoms with E-state index in [1.807, 2.05) is 6.92 Å². The first-order valence-corrected chi connectivity index (χ1v) is 9.03. The number of carbonyl (C=O) groups is 1. The van der Waals surface area contributed by atoms with Crippen LogP contribution in [0.2, 0.25) is 0 Å². The number of carbonyl (C=O) groups excluding carboxylic acids is 1. The molecule has 0 atom stereocenters. The van der Waals surface area contributed by atoms with E-state index in [1.54, 1.807) is 6.07 Å². The number of benzene rings is 2. The zero-order valence-electron chi connectivity index (χ0n) is 15.7. The first-order chi connectivity index (χ1) is 12.4. The standard InChI is InChI=1S/C21H26FN3O/c1-15-5-4-6-20(17(15)3)25-11-9-24(10-12-25)14-21(26)23-19-13-18(22)8-7-16(19)2/h4-8,13H,9-12,14H2,1-3H3,(H,23,26). The summed E-state index contributed by atoms with van der Waals surface area (Å²) in [6.45, 7) is 9.95. The van der Waals surface area contributed by atoms with Gasteiger partial charge in [0.1, 0.15) is 5.82 Å². The smallest absolute Gasteiger partial charge is 0.238 e. The van der Waals surface area contributed by atoms with Crippen LogP contribution in [0.25, 0.3) is 0 Å². The number of hydrogen-bond acceptors (Lipinski definition) is 3. The van der Waals surface area contributed by atoms with Gasteiger partial charge in [-0.1, -0.05) is 18.2 Å². The SMILES string of the molecule is Cc1ccc(F)cc1NC(=O)CN1CCN(c2cccc(C)c2C)CC1. The summed E-state index contributed by atoms with van der Waals surface area (Å²) in [6.07, 6.45) is 0. The van der Waals surface area contributed by atoms with Crippen LogP contribution in [-0.2, 0) is 4.79 Å². The normalized spacial score (nSPS) is 15.2. The lowest BCUT2D eigenvalue weighted by atomic mass is 10.1. The van der Waals surface area contributed by atoms with E-state index in [-0.39, 0.29) is 11.7 Å². The molecule has 0 spiro atoms. The quantitative estimate of drug-likeness (QED) is 0.912. The summed E-state index contributed by atoms with van der Waals surface area (Å²) in [4.78, 5) is 16.8. The van der Waals surface area contributed by atoms with Crippen LogP contribution in [0.3, 0.4) is 0 Å². The topological polar surface area (TPSA) is 35.6 Å². The molecule has 1 aliphatic heterocycles. The van der Waals surface area contributed by atoms with Crippen molar-refractivity contribution in [2.45, 2.75) is 20.8 Å². The Morgan fingerprint density at radius 2 is 1.77 bits per heavy atom. The van der Waals surface area contributed by atoms with E-state index in [4.69, 9.17) is 0 Å². The molecule has 2 aromatic carbocycles. The van der Waals surface area contributed by atoms with Crippen LogP contribution in [0.4, 0.5) is 15.8 Å². The second-order valence-electron chi connectivity index (χ2n) is 6.99. The number of aryl methyl sites for hydroxylation is 2. The van der Waals surface area contributed by atoms with E-state index in [9.17, 15) is 9.18 Å². The molecule has 1 aliphatic rings. The fraction of sp³-hybridized carbons (Fsp3) is 0.381. The average Bonchev–Trinajstić information content (AvgIpc) is 2.61. The molecule has 1 saturated heterocycles. The van der Waals surface area contributed by atoms with Crippen molar-refractivity contribution in [3.05, 3.63) is 58.9 Å². The van der Waals surface area contributed by atoms with E-state index in [0.29, 0.717) is 12.2 Å². The molecule has 0 unspecified atom stereocenters. The molecule has 0 bridgehead atoms. The van der Waals surface area contributed by atoms with Gasteiger partial charge in [0.25, 0.3) is 0 Å². The van der Waals surface area contributed by atoms with E-state index in [2.05, 4.69) is 47.2 Å². The van der Waals surface area contributed by atoms with Crippen molar-refractivity contribution in [1.82, 2.24) is 4.90 Å². The Morgan fingerprint density at radius 1 is 1.04 bits per heavy atom. The molecular formula is C21H26FN3O. The van der Waals surface area contributed by atoms with Crippen LogP contribution in [0, 0.1) is 26.6 Å². The van der Waals surface area contributed by atoms with Crippen LogP contribution in [-0.4, -0.2) is 43.5 Å². The molecule has 0 saturated carbocycles. The highest BCUT2D eigenvalue weighted by Gasteiger charge is 2.20. The number of nitrogens with zero attached hydrogens (tertiary/aromatic N) is 2. The van der Waals surface area contributed by atoms with Crippen molar-refractivity contribution in [2.24, 2.45) is 0 Å². The highest BCUT2D eigenvalue weighted by molar-refractivity contribution is 5.93. The molecule has 2 aromatic rings. The summed E-state index contributed by atoms with van der Waals surface area (Å²) in [5.41, 5.74) is 5.31. The molecule has 1 fully saturated rings. The highest BCUT2D eigenvalue weighted by Crippen LogP contribution is 2.24. The first-order valence-electron chi connectivity index (χ1n) is 9.03. The maximum atomic E-state index is 13.4. The van der Waals surface area contributed by atoms with Gasteiger partial charge >= 0.3 is 0 Å². The van der Waals surface area contributed by atoms with Gasteiger partial charge in [0, 0.05) is 37.6 Å². The van der Waals surface area contributed by atoms with Crippen LogP contribution in [0.15, 0.2) is 36.4 Å². The third-order valence-corrected chi connectivity index (χ3v) is 5.13. The molecule has 1 N–H and O–H groups in total. The van der Waals surface area contributed by atoms with E-state index < -0.39 is 0 Å². The highest BCUT2D eigenvalue weighted by atomic mass is 19.1. The van der Waals surface area contributed by atoms with Crippen molar-refractivity contribution < 1.29 is 9.18 Å². The van der Waals surface area contributed by atoms with Gasteiger partial charge in [0.2, 0.25) is 5.91 Å². The molecular weight excluding hydrogens is 329 g/mol. The average molecular weight is 355 g/mol. The Hall–Kier alpha value is -2.40. The summed E-state index contributed by atoms with van der Waals surface area (Å²) in [7, 11) is 0. The lowest BCUT2D eigenvalue weighted by Gasteiger charge is -2.36. The fourth-order valence-electron chi connectivity index (χ4n) is 3.35. The molecule has 5 heteroatoms. The van der Waals surface area contributed by atoms with Crippen LogP contribution in [0.1, 0.15) is 16.7 Å². The monoisotopic (exact) mass is 355 g/mol. The zero-order valence-corrected chi connectivity index (χ0v) is 15.7. The van der Waals surface area contributed by atoms with Crippen molar-refractivity contribution in [3.8, 4) is 0 Å². The van der Waals surface area contributed by atoms with Gasteiger partial charge in [0.15, 0.2) is 0 Å². The minimum absolute atomic E-state index is 0.0983. The van der Waals surface area contributed by atoms with Crippen LogP contribution >= 0.6 is 0 Å². The summed E-state index contributed by atoms with van der Waals surface area (Å²) < 4.78 is 13.4. The third kappa shape index (κ3) is 4.22. The number of anilines is 2. The third-order valence-electron chi connectivity index (χ3n) is 5.13. The lowest BCUT2D eigenvalue weighted by molar-refractivity contribution is -0.117. The molecule has 138 valence electrons. The summed E-state index contributed by atoms with van der Waals surface area (Å²) in [6, 6.07) is 10.8. The zero-order chi connectivity index (χ0) is 18.7. The number of hydrogen-bond donors (Lipinski definition) is 1. The van der Waals surface area contributed by atoms with Gasteiger partial charge in [-0.05, 0) is 55.7 Å². The van der Waals surface area contributed by atoms with Gasteiger partial charge in [-0.15, -0.1) is 0 Å². The predicted octanol–water partition coefficient (Wildman–Crippen LogP) is 3.51. The minimum Gasteiger partial charge on any atom is -0.369 e. The Balaban J connectivity index is 1.54. The lowest BCUT2D eigenvalue weighted by Crippen LogP contribution is -2.48. The van der Waals surface area contributed by atoms with E-state index in [0.717, 1.165) is 31.7 Å². The number of nitrogens with one attached hydrogen (secondary N) is 1. The second-order valence-corrected chi connectivity index (χ2v) is 6.99. The maximum Gasteiger partial charge on any atom is 0.238 e. The molecule has 1 amide bonds. The number of amides is 1. The Kier molecular flexibility index (Phi) is 5.57. The largest absolute Gasteiger partial charge is 0.369 e. The first kappa shape index (κ1) is 18.4. The van der Waals surface area contributed by atoms with Gasteiger partial charge in [-0.2, -0.15) is 0 Å². The van der Waals surface area contributed by atoms with Crippen LogP contribution < -0.4 is 10.2 Å². The van der Waals surface area contributed by atoms with Gasteiger partial charge in [-0.3, -0.25) is 9.69 Å². The number of rotatable bonds is 4. The summed E-state index contributed by atoms with van der Waals surface area (Å²) in [5, 5.41) is 2.82. The summed E-state index contributed by atoms with van der Waals surface area (Å²) >= 11 is 0. The Bertz CT molecular complexity index is 798. The molecule has 0 radical (unpaired) electrons. The van der Waals surface area contributed by atoms with Crippen molar-refractivity contribution in [1.29, 1.82) is 0 Å². The van der Waals surface area contributed by atoms with E-state index in [1.165, 1.54) is 28.9 Å². The predicted molar refractivity (Wildman–Crippen MR) is 104 cm³/mol. The maximum absolute atomic E-state index is 13.4. The van der Waals surface area contributed by atoms with E-state index >= 15 is 0 Å². The molecule has 4 nitrogen and oxygen atoms in total. The molecule has 26 heavy (non-hydrogen) atoms. The molecule has 1 heterocycles. The Labute approximate surface area is 154 Å². The van der Waals surface area contributed by atoms with Gasteiger partial charge in [-0.25, -0.2) is 4.39 Å². The van der Waals surface area contributed by atoms with Gasteiger partial charge < -0.3 is 10.2 Å². The summed E-state index contributed by atoms with van der Waals surface area (Å²) in [5.74, 6) is -0.438. The van der Waals surface area contributed by atoms with Crippen molar-refractivity contribution >= 4 is 17.3 Å². The minimum atomic E-state index is -0.340. The number of piperazine rings is 1. The Morgan fingerprint density at radius 3 is 2.50 bits per heavy atom. The molecule has 0 aliphatic carbocycles. The van der Waals surface area contributed by atoms with Crippen molar-refractivity contribution in [2.75, 3.05) is 42.9 Å². The fourth-order valence-corrected chi connectivity index (χ4v) is 3.35. The molecule has 3 rings (SSSR count).